The first-order valence-corrected chi connectivity index (χ1v) is 14.9. The summed E-state index contributed by atoms with van der Waals surface area (Å²) in [4.78, 5) is 17.6. The van der Waals surface area contributed by atoms with Gasteiger partial charge in [0.25, 0.3) is 0 Å². The third kappa shape index (κ3) is 4.63. The predicted molar refractivity (Wildman–Crippen MR) is 162 cm³/mol. The molecule has 0 bridgehead atoms. The van der Waals surface area contributed by atoms with Crippen LogP contribution < -0.4 is 19.9 Å². The minimum Gasteiger partial charge on any atom is -0.487 e. The molecule has 1 aliphatic carbocycles. The number of nitrogens with zero attached hydrogens (tertiary/aromatic N) is 6. The SMILES string of the molecule is Cc1ccc2[nH]ncc2c1-c1c(Cl)cc2c(N3CCNCC3)nc(N3CCC(N(C)C)CC3)nc2c1OC1CC1. The molecule has 0 amide bonds. The van der Waals surface area contributed by atoms with Gasteiger partial charge in [-0.3, -0.25) is 5.10 Å². The number of benzene rings is 2. The molecule has 2 aromatic carbocycles. The number of aromatic nitrogens is 4. The van der Waals surface area contributed by atoms with E-state index in [0.29, 0.717) is 11.1 Å². The Labute approximate surface area is 239 Å². The van der Waals surface area contributed by atoms with Crippen LogP contribution in [0.25, 0.3) is 32.9 Å². The van der Waals surface area contributed by atoms with Gasteiger partial charge in [-0.1, -0.05) is 17.7 Å². The fourth-order valence-electron chi connectivity index (χ4n) is 6.18. The molecule has 1 saturated carbocycles. The van der Waals surface area contributed by atoms with Gasteiger partial charge in [0.1, 0.15) is 11.3 Å². The number of piperazine rings is 1. The average molecular weight is 561 g/mol. The van der Waals surface area contributed by atoms with Crippen molar-refractivity contribution in [2.75, 3.05) is 63.2 Å². The van der Waals surface area contributed by atoms with E-state index >= 15 is 0 Å². The van der Waals surface area contributed by atoms with Crippen molar-refractivity contribution in [2.45, 2.75) is 44.8 Å². The summed E-state index contributed by atoms with van der Waals surface area (Å²) in [6, 6.07) is 6.83. The summed E-state index contributed by atoms with van der Waals surface area (Å²) in [6.45, 7) is 7.61. The minimum atomic E-state index is 0.182. The lowest BCUT2D eigenvalue weighted by Crippen LogP contribution is -2.45. The highest BCUT2D eigenvalue weighted by molar-refractivity contribution is 6.35. The maximum atomic E-state index is 7.22. The zero-order valence-electron chi connectivity index (χ0n) is 23.5. The second-order valence-electron chi connectivity index (χ2n) is 11.6. The van der Waals surface area contributed by atoms with Gasteiger partial charge < -0.3 is 24.8 Å². The van der Waals surface area contributed by atoms with Gasteiger partial charge in [-0.2, -0.15) is 10.1 Å². The van der Waals surface area contributed by atoms with Crippen LogP contribution in [0.2, 0.25) is 5.02 Å². The summed E-state index contributed by atoms with van der Waals surface area (Å²) >= 11 is 7.22. The van der Waals surface area contributed by atoms with Gasteiger partial charge in [0.2, 0.25) is 5.95 Å². The predicted octanol–water partition coefficient (Wildman–Crippen LogP) is 4.62. The van der Waals surface area contributed by atoms with E-state index in [-0.39, 0.29) is 6.10 Å². The van der Waals surface area contributed by atoms with Crippen LogP contribution >= 0.6 is 11.6 Å². The van der Waals surface area contributed by atoms with E-state index in [0.717, 1.165) is 121 Å². The summed E-state index contributed by atoms with van der Waals surface area (Å²) < 4.78 is 6.76. The number of aryl methyl sites for hydroxylation is 1. The van der Waals surface area contributed by atoms with Gasteiger partial charge in [-0.15, -0.1) is 0 Å². The van der Waals surface area contributed by atoms with E-state index in [1.807, 2.05) is 6.20 Å². The lowest BCUT2D eigenvalue weighted by Gasteiger charge is -2.36. The molecule has 210 valence electrons. The number of rotatable bonds is 6. The maximum Gasteiger partial charge on any atom is 0.228 e. The van der Waals surface area contributed by atoms with Gasteiger partial charge in [0, 0.05) is 67.2 Å². The van der Waals surface area contributed by atoms with Gasteiger partial charge in [-0.25, -0.2) is 4.98 Å². The Morgan fingerprint density at radius 1 is 0.950 bits per heavy atom. The van der Waals surface area contributed by atoms with Crippen LogP contribution in [0.3, 0.4) is 0 Å². The van der Waals surface area contributed by atoms with Crippen molar-refractivity contribution in [1.82, 2.24) is 30.4 Å². The van der Waals surface area contributed by atoms with Crippen molar-refractivity contribution in [3.8, 4) is 16.9 Å². The summed E-state index contributed by atoms with van der Waals surface area (Å²) in [5.41, 5.74) is 4.89. The number of piperidine rings is 1. The highest BCUT2D eigenvalue weighted by Crippen LogP contribution is 2.48. The average Bonchev–Trinajstić information content (AvgIpc) is 3.66. The molecule has 40 heavy (non-hydrogen) atoms. The fraction of sp³-hybridized carbons (Fsp3) is 0.500. The number of hydrogen-bond donors (Lipinski definition) is 2. The normalized spacial score (nSPS) is 18.8. The molecule has 3 aliphatic rings. The third-order valence-electron chi connectivity index (χ3n) is 8.65. The Hall–Kier alpha value is -3.14. The Bertz CT molecular complexity index is 1550. The standard InChI is InChI=1S/C30H37ClN8O/c1-18-4-7-24-22(17-33-36-24)25(18)26-23(31)16-21-27(28(26)40-20-5-6-20)34-30(35-29(21)38-14-10-32-11-15-38)39-12-8-19(9-13-39)37(2)3/h4,7,16-17,19-20,32H,5-6,8-15H2,1-3H3,(H,33,36). The minimum absolute atomic E-state index is 0.182. The number of H-pyrrole nitrogens is 1. The van der Waals surface area contributed by atoms with Crippen LogP contribution in [0, 0.1) is 6.92 Å². The molecule has 2 aromatic heterocycles. The molecule has 3 fully saturated rings. The maximum absolute atomic E-state index is 7.22. The number of anilines is 2. The van der Waals surface area contributed by atoms with E-state index < -0.39 is 0 Å². The van der Waals surface area contributed by atoms with Crippen molar-refractivity contribution in [3.05, 3.63) is 35.0 Å². The number of nitrogens with one attached hydrogen (secondary N) is 2. The zero-order valence-corrected chi connectivity index (χ0v) is 24.3. The molecule has 7 rings (SSSR count). The topological polar surface area (TPSA) is 85.4 Å². The van der Waals surface area contributed by atoms with Gasteiger partial charge >= 0.3 is 0 Å². The molecule has 4 heterocycles. The van der Waals surface area contributed by atoms with E-state index in [1.54, 1.807) is 0 Å². The monoisotopic (exact) mass is 560 g/mol. The fourth-order valence-corrected chi connectivity index (χ4v) is 6.47. The van der Waals surface area contributed by atoms with E-state index in [2.05, 4.69) is 69.4 Å². The van der Waals surface area contributed by atoms with Gasteiger partial charge in [-0.05, 0) is 64.4 Å². The Morgan fingerprint density at radius 2 is 1.73 bits per heavy atom. The second kappa shape index (κ2) is 10.4. The zero-order chi connectivity index (χ0) is 27.4. The molecule has 0 atom stereocenters. The van der Waals surface area contributed by atoms with Crippen molar-refractivity contribution in [3.63, 3.8) is 0 Å². The highest BCUT2D eigenvalue weighted by Gasteiger charge is 2.32. The number of aromatic amines is 1. The van der Waals surface area contributed by atoms with Crippen molar-refractivity contribution in [2.24, 2.45) is 0 Å². The van der Waals surface area contributed by atoms with Crippen LogP contribution in [-0.2, 0) is 0 Å². The van der Waals surface area contributed by atoms with Gasteiger partial charge in [0.15, 0.2) is 5.75 Å². The molecule has 2 N–H and O–H groups in total. The smallest absolute Gasteiger partial charge is 0.228 e. The summed E-state index contributed by atoms with van der Waals surface area (Å²) in [7, 11) is 4.34. The summed E-state index contributed by atoms with van der Waals surface area (Å²) in [5.74, 6) is 2.50. The first-order chi connectivity index (χ1) is 19.5. The number of fused-ring (bicyclic) bond motifs is 2. The molecule has 2 saturated heterocycles. The molecule has 4 aromatic rings. The highest BCUT2D eigenvalue weighted by atomic mass is 35.5. The third-order valence-corrected chi connectivity index (χ3v) is 8.95. The molecule has 0 unspecified atom stereocenters. The van der Waals surface area contributed by atoms with E-state index in [4.69, 9.17) is 26.3 Å². The summed E-state index contributed by atoms with van der Waals surface area (Å²) in [5, 5.41) is 13.6. The van der Waals surface area contributed by atoms with Crippen LogP contribution in [0.5, 0.6) is 5.75 Å². The van der Waals surface area contributed by atoms with Crippen LogP contribution in [0.15, 0.2) is 24.4 Å². The quantitative estimate of drug-likeness (QED) is 0.353. The van der Waals surface area contributed by atoms with Crippen LogP contribution in [0.4, 0.5) is 11.8 Å². The first kappa shape index (κ1) is 25.8. The molecular formula is C30H37ClN8O. The molecule has 2 aliphatic heterocycles. The Balaban J connectivity index is 1.45. The number of ether oxygens (including phenoxy) is 1. The lowest BCUT2D eigenvalue weighted by molar-refractivity contribution is 0.249. The van der Waals surface area contributed by atoms with E-state index in [9.17, 15) is 0 Å². The Kier molecular flexibility index (Phi) is 6.68. The molecule has 0 spiro atoms. The largest absolute Gasteiger partial charge is 0.487 e. The molecule has 10 heteroatoms. The van der Waals surface area contributed by atoms with Crippen molar-refractivity contribution < 1.29 is 4.74 Å². The second-order valence-corrected chi connectivity index (χ2v) is 12.0. The van der Waals surface area contributed by atoms with Crippen molar-refractivity contribution >= 4 is 45.2 Å². The van der Waals surface area contributed by atoms with Crippen molar-refractivity contribution in [1.29, 1.82) is 0 Å². The molecule has 9 nitrogen and oxygen atoms in total. The van der Waals surface area contributed by atoms with E-state index in [1.165, 1.54) is 0 Å². The number of hydrogen-bond acceptors (Lipinski definition) is 8. The molecule has 0 radical (unpaired) electrons. The Morgan fingerprint density at radius 3 is 2.45 bits per heavy atom. The lowest BCUT2D eigenvalue weighted by atomic mass is 9.94. The molecular weight excluding hydrogens is 524 g/mol. The number of halogens is 1. The van der Waals surface area contributed by atoms with Crippen LogP contribution in [0.1, 0.15) is 31.2 Å². The first-order valence-electron chi connectivity index (χ1n) is 14.5. The van der Waals surface area contributed by atoms with Gasteiger partial charge in [0.05, 0.1) is 22.8 Å². The summed E-state index contributed by atoms with van der Waals surface area (Å²) in [6.07, 6.45) is 6.34. The van der Waals surface area contributed by atoms with Crippen LogP contribution in [-0.4, -0.2) is 90.6 Å².